The molecule has 0 amide bonds. The molecule has 0 aliphatic carbocycles. The zero-order chi connectivity index (χ0) is 19.4. The van der Waals surface area contributed by atoms with Crippen molar-refractivity contribution in [3.8, 4) is 5.75 Å². The van der Waals surface area contributed by atoms with Crippen LogP contribution in [0.5, 0.6) is 5.75 Å². The molecular formula is C18H28BINO3P. The Balaban J connectivity index is 3.33. The fraction of sp³-hybridized carbons (Fsp3) is 0.611. The standard InChI is InChI=1S/C18H28BINO3P/c1-7-13(10-24-11-22)21(6)12(2)15-8-14(25(19)20)9-16(17(15)23)18(3,4)5/h8-9,11-13,23H,7,10H2,1-6H3. The summed E-state index contributed by atoms with van der Waals surface area (Å²) in [6.07, 6.45) is 0.844. The molecule has 4 nitrogen and oxygen atoms in total. The van der Waals surface area contributed by atoms with Gasteiger partial charge in [-0.05, 0) is 43.2 Å². The number of benzene rings is 1. The highest BCUT2D eigenvalue weighted by Crippen LogP contribution is 2.43. The van der Waals surface area contributed by atoms with Gasteiger partial charge in [-0.1, -0.05) is 55.2 Å². The molecule has 0 fully saturated rings. The van der Waals surface area contributed by atoms with Gasteiger partial charge in [0.15, 0.2) is 0 Å². The monoisotopic (exact) mass is 475 g/mol. The number of carbonyl (C=O) groups is 1. The van der Waals surface area contributed by atoms with Crippen molar-refractivity contribution in [2.75, 3.05) is 13.7 Å². The first-order valence-electron chi connectivity index (χ1n) is 8.39. The van der Waals surface area contributed by atoms with E-state index < -0.39 is 5.44 Å². The van der Waals surface area contributed by atoms with Crippen LogP contribution < -0.4 is 5.30 Å². The summed E-state index contributed by atoms with van der Waals surface area (Å²) in [5.41, 5.74) is 0.803. The number of ether oxygens (including phenoxy) is 1. The molecule has 1 N–H and O–H groups in total. The van der Waals surface area contributed by atoms with E-state index in [1.165, 1.54) is 0 Å². The first kappa shape index (κ1) is 22.7. The van der Waals surface area contributed by atoms with E-state index in [1.807, 2.05) is 19.2 Å². The van der Waals surface area contributed by atoms with Gasteiger partial charge < -0.3 is 9.84 Å². The average molecular weight is 475 g/mol. The van der Waals surface area contributed by atoms with Crippen molar-refractivity contribution < 1.29 is 14.6 Å². The maximum atomic E-state index is 10.9. The van der Waals surface area contributed by atoms with Gasteiger partial charge in [0.05, 0.1) is 0 Å². The van der Waals surface area contributed by atoms with Crippen molar-refractivity contribution in [2.45, 2.75) is 58.5 Å². The Labute approximate surface area is 167 Å². The van der Waals surface area contributed by atoms with E-state index in [0.29, 0.717) is 18.8 Å². The quantitative estimate of drug-likeness (QED) is 0.266. The summed E-state index contributed by atoms with van der Waals surface area (Å²) < 4.78 is 4.96. The molecule has 0 heterocycles. The SMILES string of the molecule is [B]P(I)c1cc(C(C)N(C)C(CC)COC=O)c(O)c(C(C)(C)C)c1. The van der Waals surface area contributed by atoms with Crippen molar-refractivity contribution in [3.63, 3.8) is 0 Å². The largest absolute Gasteiger partial charge is 0.507 e. The molecule has 1 rings (SSSR count). The predicted octanol–water partition coefficient (Wildman–Crippen LogP) is 4.17. The Morgan fingerprint density at radius 3 is 2.48 bits per heavy atom. The molecule has 3 atom stereocenters. The normalized spacial score (nSPS) is 15.7. The maximum Gasteiger partial charge on any atom is 0.293 e. The Morgan fingerprint density at radius 1 is 1.44 bits per heavy atom. The van der Waals surface area contributed by atoms with Gasteiger partial charge in [-0.3, -0.25) is 9.69 Å². The molecule has 0 aliphatic heterocycles. The van der Waals surface area contributed by atoms with Crippen LogP contribution in [0.3, 0.4) is 0 Å². The summed E-state index contributed by atoms with van der Waals surface area (Å²) in [4.78, 5) is 12.7. The number of hydrogen-bond acceptors (Lipinski definition) is 4. The van der Waals surface area contributed by atoms with E-state index >= 15 is 0 Å². The minimum Gasteiger partial charge on any atom is -0.507 e. The van der Waals surface area contributed by atoms with E-state index in [0.717, 1.165) is 22.9 Å². The summed E-state index contributed by atoms with van der Waals surface area (Å²) in [5, 5.41) is 12.0. The second-order valence-electron chi connectivity index (χ2n) is 7.33. The number of phenolic OH excluding ortho intramolecular Hbond substituents is 1. The number of halogens is 1. The van der Waals surface area contributed by atoms with Gasteiger partial charge in [-0.2, -0.15) is 0 Å². The number of likely N-dealkylation sites (N-methyl/N-ethyl adjacent to an activating group) is 1. The first-order chi connectivity index (χ1) is 11.5. The lowest BCUT2D eigenvalue weighted by atomic mass is 9.84. The van der Waals surface area contributed by atoms with Gasteiger partial charge in [0, 0.05) is 23.2 Å². The number of hydrogen-bond donors (Lipinski definition) is 1. The Hall–Kier alpha value is -0.325. The molecule has 7 heteroatoms. The zero-order valence-electron chi connectivity index (χ0n) is 15.9. The number of rotatable bonds is 8. The lowest BCUT2D eigenvalue weighted by Gasteiger charge is -2.34. The predicted molar refractivity (Wildman–Crippen MR) is 115 cm³/mol. The van der Waals surface area contributed by atoms with E-state index in [9.17, 15) is 9.90 Å². The summed E-state index contributed by atoms with van der Waals surface area (Å²) in [5.74, 6) is 0.329. The van der Waals surface area contributed by atoms with Crippen molar-refractivity contribution in [1.29, 1.82) is 0 Å². The fourth-order valence-corrected chi connectivity index (χ4v) is 4.21. The van der Waals surface area contributed by atoms with E-state index in [-0.39, 0.29) is 17.5 Å². The molecule has 25 heavy (non-hydrogen) atoms. The topological polar surface area (TPSA) is 49.8 Å². The van der Waals surface area contributed by atoms with Crippen LogP contribution >= 0.6 is 27.5 Å². The highest BCUT2D eigenvalue weighted by Gasteiger charge is 2.27. The second kappa shape index (κ2) is 9.56. The van der Waals surface area contributed by atoms with Crippen molar-refractivity contribution in [1.82, 2.24) is 4.90 Å². The third-order valence-electron chi connectivity index (χ3n) is 4.64. The smallest absolute Gasteiger partial charge is 0.293 e. The highest BCUT2D eigenvalue weighted by molar-refractivity contribution is 14.2. The van der Waals surface area contributed by atoms with Gasteiger partial charge in [0.2, 0.25) is 0 Å². The summed E-state index contributed by atoms with van der Waals surface area (Å²) in [6.45, 7) is 11.2. The lowest BCUT2D eigenvalue weighted by Crippen LogP contribution is -2.37. The molecule has 1 aromatic rings. The summed E-state index contributed by atoms with van der Waals surface area (Å²) in [7, 11) is 8.16. The van der Waals surface area contributed by atoms with Crippen LogP contribution in [0.4, 0.5) is 0 Å². The zero-order valence-corrected chi connectivity index (χ0v) is 19.0. The summed E-state index contributed by atoms with van der Waals surface area (Å²) >= 11 is 2.25. The van der Waals surface area contributed by atoms with Crippen LogP contribution in [0, 0.1) is 0 Å². The van der Waals surface area contributed by atoms with Crippen LogP contribution in [0.2, 0.25) is 0 Å². The van der Waals surface area contributed by atoms with Crippen molar-refractivity contribution in [3.05, 3.63) is 23.3 Å². The van der Waals surface area contributed by atoms with Crippen LogP contribution in [-0.4, -0.2) is 43.7 Å². The molecule has 2 radical (unpaired) electrons. The second-order valence-corrected chi connectivity index (χ2v) is 11.6. The molecule has 0 aromatic heterocycles. The fourth-order valence-electron chi connectivity index (χ4n) is 2.86. The number of aromatic hydroxyl groups is 1. The molecule has 0 aliphatic rings. The minimum absolute atomic E-state index is 0.0346. The molecule has 0 bridgehead atoms. The third kappa shape index (κ3) is 5.83. The average Bonchev–Trinajstić information content (AvgIpc) is 2.53. The Kier molecular flexibility index (Phi) is 8.69. The van der Waals surface area contributed by atoms with Crippen LogP contribution in [-0.2, 0) is 14.9 Å². The molecule has 0 saturated carbocycles. The van der Waals surface area contributed by atoms with Gasteiger partial charge >= 0.3 is 0 Å². The van der Waals surface area contributed by atoms with E-state index in [2.05, 4.69) is 61.6 Å². The van der Waals surface area contributed by atoms with Gasteiger partial charge in [-0.15, -0.1) is 0 Å². The Morgan fingerprint density at radius 2 is 2.04 bits per heavy atom. The van der Waals surface area contributed by atoms with Crippen molar-refractivity contribution in [2.24, 2.45) is 0 Å². The summed E-state index contributed by atoms with van der Waals surface area (Å²) in [6, 6.07) is 4.08. The minimum atomic E-state index is -0.791. The third-order valence-corrected chi connectivity index (χ3v) is 7.07. The molecule has 0 saturated heterocycles. The first-order valence-corrected chi connectivity index (χ1v) is 12.6. The number of nitrogens with zero attached hydrogens (tertiary/aromatic N) is 1. The highest BCUT2D eigenvalue weighted by atomic mass is 127. The van der Waals surface area contributed by atoms with Gasteiger partial charge in [-0.25, -0.2) is 0 Å². The van der Waals surface area contributed by atoms with Gasteiger partial charge in [0.1, 0.15) is 19.9 Å². The molecular weight excluding hydrogens is 447 g/mol. The Bertz CT molecular complexity index is 592. The lowest BCUT2D eigenvalue weighted by molar-refractivity contribution is -0.130. The van der Waals surface area contributed by atoms with Crippen LogP contribution in [0.15, 0.2) is 12.1 Å². The van der Waals surface area contributed by atoms with Crippen LogP contribution in [0.25, 0.3) is 0 Å². The van der Waals surface area contributed by atoms with E-state index in [1.54, 1.807) is 0 Å². The van der Waals surface area contributed by atoms with Crippen molar-refractivity contribution >= 4 is 46.8 Å². The number of carbonyl (C=O) groups excluding carboxylic acids is 1. The number of phenols is 1. The van der Waals surface area contributed by atoms with Crippen LogP contribution in [0.1, 0.15) is 58.2 Å². The van der Waals surface area contributed by atoms with Gasteiger partial charge in [0.25, 0.3) is 6.47 Å². The van der Waals surface area contributed by atoms with E-state index in [4.69, 9.17) is 12.3 Å². The maximum absolute atomic E-state index is 10.9. The molecule has 0 spiro atoms. The molecule has 3 unspecified atom stereocenters. The molecule has 1 aromatic carbocycles. The molecule has 138 valence electrons.